The van der Waals surface area contributed by atoms with Crippen LogP contribution in [0.5, 0.6) is 0 Å². The van der Waals surface area contributed by atoms with Crippen LogP contribution in [-0.4, -0.2) is 10.9 Å². The minimum atomic E-state index is -0.126. The van der Waals surface area contributed by atoms with E-state index in [1.807, 2.05) is 43.3 Å². The van der Waals surface area contributed by atoms with Crippen LogP contribution in [0.2, 0.25) is 0 Å². The molecule has 0 saturated heterocycles. The molecule has 1 amide bonds. The van der Waals surface area contributed by atoms with E-state index in [0.717, 1.165) is 13.7 Å². The zero-order chi connectivity index (χ0) is 13.8. The molecule has 1 aromatic heterocycles. The molecule has 0 radical (unpaired) electrons. The van der Waals surface area contributed by atoms with Gasteiger partial charge in [0.1, 0.15) is 0 Å². The van der Waals surface area contributed by atoms with Crippen molar-refractivity contribution in [2.24, 2.45) is 0 Å². The van der Waals surface area contributed by atoms with Gasteiger partial charge >= 0.3 is 0 Å². The van der Waals surface area contributed by atoms with Crippen LogP contribution >= 0.6 is 38.5 Å². The van der Waals surface area contributed by atoms with E-state index in [1.54, 1.807) is 6.20 Å². The number of hydrogen-bond acceptors (Lipinski definition) is 2. The maximum Gasteiger partial charge on any atom is 0.252 e. The maximum atomic E-state index is 12.2. The summed E-state index contributed by atoms with van der Waals surface area (Å²) < 4.78 is 1.81. The Kier molecular flexibility index (Phi) is 4.93. The molecule has 3 nitrogen and oxygen atoms in total. The highest BCUT2D eigenvalue weighted by molar-refractivity contribution is 14.1. The molecule has 1 heterocycles. The maximum absolute atomic E-state index is 12.2. The van der Waals surface area contributed by atoms with E-state index >= 15 is 0 Å². The van der Waals surface area contributed by atoms with Crippen LogP contribution in [0.25, 0.3) is 0 Å². The standard InChI is InChI=1S/C14H12BrIN2O/c1-9(13-4-2-3-7-17-13)18-14(19)11-8-10(16)5-6-12(11)15/h2-9H,1H3,(H,18,19). The number of nitrogens with zero attached hydrogens (tertiary/aromatic N) is 1. The second-order valence-corrected chi connectivity index (χ2v) is 6.17. The van der Waals surface area contributed by atoms with Crippen LogP contribution in [0, 0.1) is 3.57 Å². The lowest BCUT2D eigenvalue weighted by Gasteiger charge is -2.14. The molecule has 5 heteroatoms. The van der Waals surface area contributed by atoms with Crippen molar-refractivity contribution in [1.29, 1.82) is 0 Å². The van der Waals surface area contributed by atoms with Crippen LogP contribution in [0.4, 0.5) is 0 Å². The van der Waals surface area contributed by atoms with Gasteiger partial charge in [-0.05, 0) is 75.8 Å². The minimum absolute atomic E-state index is 0.108. The molecule has 0 saturated carbocycles. The number of pyridine rings is 1. The summed E-state index contributed by atoms with van der Waals surface area (Å²) in [5.74, 6) is -0.108. The van der Waals surface area contributed by atoms with Crippen molar-refractivity contribution in [3.63, 3.8) is 0 Å². The van der Waals surface area contributed by atoms with Gasteiger partial charge in [0.05, 0.1) is 17.3 Å². The van der Waals surface area contributed by atoms with Crippen molar-refractivity contribution < 1.29 is 4.79 Å². The fourth-order valence-corrected chi connectivity index (χ4v) is 2.57. The number of amides is 1. The van der Waals surface area contributed by atoms with Crippen LogP contribution in [-0.2, 0) is 0 Å². The van der Waals surface area contributed by atoms with E-state index < -0.39 is 0 Å². The molecule has 2 aromatic rings. The second kappa shape index (κ2) is 6.47. The smallest absolute Gasteiger partial charge is 0.252 e. The number of carbonyl (C=O) groups excluding carboxylic acids is 1. The van der Waals surface area contributed by atoms with Crippen molar-refractivity contribution in [2.45, 2.75) is 13.0 Å². The first kappa shape index (κ1) is 14.5. The molecule has 1 aromatic carbocycles. The molecule has 0 spiro atoms. The van der Waals surface area contributed by atoms with Gasteiger partial charge in [0.25, 0.3) is 5.91 Å². The van der Waals surface area contributed by atoms with E-state index in [1.165, 1.54) is 0 Å². The highest BCUT2D eigenvalue weighted by atomic mass is 127. The Morgan fingerprint density at radius 3 is 2.84 bits per heavy atom. The molecular formula is C14H12BrIN2O. The molecule has 0 aliphatic rings. The lowest BCUT2D eigenvalue weighted by molar-refractivity contribution is 0.0938. The first-order valence-electron chi connectivity index (χ1n) is 5.75. The van der Waals surface area contributed by atoms with Crippen molar-refractivity contribution >= 4 is 44.4 Å². The van der Waals surface area contributed by atoms with E-state index in [9.17, 15) is 4.79 Å². The zero-order valence-electron chi connectivity index (χ0n) is 10.2. The molecule has 19 heavy (non-hydrogen) atoms. The molecule has 1 unspecified atom stereocenters. The summed E-state index contributed by atoms with van der Waals surface area (Å²) in [4.78, 5) is 16.5. The first-order chi connectivity index (χ1) is 9.08. The number of rotatable bonds is 3. The normalized spacial score (nSPS) is 11.9. The monoisotopic (exact) mass is 430 g/mol. The average molecular weight is 431 g/mol. The Labute approximate surface area is 134 Å². The molecule has 2 rings (SSSR count). The minimum Gasteiger partial charge on any atom is -0.344 e. The van der Waals surface area contributed by atoms with Crippen LogP contribution in [0.3, 0.4) is 0 Å². The first-order valence-corrected chi connectivity index (χ1v) is 7.62. The van der Waals surface area contributed by atoms with Gasteiger partial charge in [-0.15, -0.1) is 0 Å². The van der Waals surface area contributed by atoms with Crippen molar-refractivity contribution in [2.75, 3.05) is 0 Å². The van der Waals surface area contributed by atoms with Crippen molar-refractivity contribution in [3.05, 3.63) is 61.9 Å². The fourth-order valence-electron chi connectivity index (χ4n) is 1.65. The number of halogens is 2. The number of hydrogen-bond donors (Lipinski definition) is 1. The summed E-state index contributed by atoms with van der Waals surface area (Å²) in [5.41, 5.74) is 1.48. The van der Waals surface area contributed by atoms with E-state index in [-0.39, 0.29) is 11.9 Å². The van der Waals surface area contributed by atoms with E-state index in [0.29, 0.717) is 5.56 Å². The molecule has 98 valence electrons. The third-order valence-electron chi connectivity index (χ3n) is 2.65. The largest absolute Gasteiger partial charge is 0.344 e. The van der Waals surface area contributed by atoms with Gasteiger partial charge in [-0.3, -0.25) is 9.78 Å². The summed E-state index contributed by atoms with van der Waals surface area (Å²) in [6.45, 7) is 1.92. The highest BCUT2D eigenvalue weighted by Crippen LogP contribution is 2.20. The van der Waals surface area contributed by atoms with Crippen LogP contribution in [0.1, 0.15) is 29.0 Å². The molecule has 0 bridgehead atoms. The molecule has 1 N–H and O–H groups in total. The van der Waals surface area contributed by atoms with Gasteiger partial charge in [-0.2, -0.15) is 0 Å². The Balaban J connectivity index is 2.15. The van der Waals surface area contributed by atoms with Gasteiger partial charge in [0, 0.05) is 14.2 Å². The Morgan fingerprint density at radius 1 is 1.37 bits per heavy atom. The predicted octanol–water partition coefficient (Wildman–Crippen LogP) is 3.94. The molecule has 0 aliphatic carbocycles. The van der Waals surface area contributed by atoms with Crippen LogP contribution in [0.15, 0.2) is 47.1 Å². The summed E-state index contributed by atoms with van der Waals surface area (Å²) in [6.07, 6.45) is 1.72. The van der Waals surface area contributed by atoms with Gasteiger partial charge in [-0.25, -0.2) is 0 Å². The number of nitrogens with one attached hydrogen (secondary N) is 1. The summed E-state index contributed by atoms with van der Waals surface area (Å²) >= 11 is 5.58. The SMILES string of the molecule is CC(NC(=O)c1cc(I)ccc1Br)c1ccccn1. The average Bonchev–Trinajstić information content (AvgIpc) is 2.42. The topological polar surface area (TPSA) is 42.0 Å². The lowest BCUT2D eigenvalue weighted by atomic mass is 10.1. The summed E-state index contributed by atoms with van der Waals surface area (Å²) in [6, 6.07) is 11.2. The molecule has 0 aliphatic heterocycles. The molecule has 0 fully saturated rings. The Morgan fingerprint density at radius 2 is 2.16 bits per heavy atom. The predicted molar refractivity (Wildman–Crippen MR) is 87.0 cm³/mol. The Hall–Kier alpha value is -0.950. The van der Waals surface area contributed by atoms with Gasteiger partial charge in [0.15, 0.2) is 0 Å². The van der Waals surface area contributed by atoms with Crippen molar-refractivity contribution in [1.82, 2.24) is 10.3 Å². The lowest BCUT2D eigenvalue weighted by Crippen LogP contribution is -2.27. The quantitative estimate of drug-likeness (QED) is 0.749. The highest BCUT2D eigenvalue weighted by Gasteiger charge is 2.14. The number of carbonyl (C=O) groups is 1. The van der Waals surface area contributed by atoms with Gasteiger partial charge < -0.3 is 5.32 Å². The summed E-state index contributed by atoms with van der Waals surface area (Å²) in [5, 5.41) is 2.95. The molecular weight excluding hydrogens is 419 g/mol. The zero-order valence-corrected chi connectivity index (χ0v) is 14.0. The van der Waals surface area contributed by atoms with E-state index in [4.69, 9.17) is 0 Å². The van der Waals surface area contributed by atoms with Gasteiger partial charge in [-0.1, -0.05) is 6.07 Å². The third-order valence-corrected chi connectivity index (χ3v) is 4.01. The summed E-state index contributed by atoms with van der Waals surface area (Å²) in [7, 11) is 0. The second-order valence-electron chi connectivity index (χ2n) is 4.07. The van der Waals surface area contributed by atoms with Crippen molar-refractivity contribution in [3.8, 4) is 0 Å². The third kappa shape index (κ3) is 3.76. The molecule has 1 atom stereocenters. The Bertz CT molecular complexity index is 589. The fraction of sp³-hybridized carbons (Fsp3) is 0.143. The van der Waals surface area contributed by atoms with Crippen LogP contribution < -0.4 is 5.32 Å². The van der Waals surface area contributed by atoms with E-state index in [2.05, 4.69) is 48.8 Å². The number of benzene rings is 1. The number of aromatic nitrogens is 1. The van der Waals surface area contributed by atoms with Gasteiger partial charge in [0.2, 0.25) is 0 Å².